The second kappa shape index (κ2) is 5.55. The third-order valence-corrected chi connectivity index (χ3v) is 4.22. The number of rotatable bonds is 5. The minimum atomic E-state index is -0.175. The molecule has 0 radical (unpaired) electrons. The van der Waals surface area contributed by atoms with E-state index in [4.69, 9.17) is 4.74 Å². The van der Waals surface area contributed by atoms with Crippen LogP contribution in [-0.2, 0) is 5.41 Å². The summed E-state index contributed by atoms with van der Waals surface area (Å²) < 4.78 is 5.31. The van der Waals surface area contributed by atoms with Gasteiger partial charge in [-0.15, -0.1) is 0 Å². The molecule has 1 saturated carbocycles. The molecule has 1 heterocycles. The van der Waals surface area contributed by atoms with Gasteiger partial charge in [0.25, 0.3) is 0 Å². The molecular weight excluding hydrogens is 278 g/mol. The van der Waals surface area contributed by atoms with Gasteiger partial charge in [-0.05, 0) is 36.6 Å². The standard InChI is InChI=1S/C17H23N3O2/c1-17(2,10-19-16(21)20-11-4-5-11)14-9-18-15-7-6-12(22-3)8-13(14)15/h6-9,11,18H,4-5,10H2,1-3H3,(H2,19,20,21). The molecule has 3 N–H and O–H groups in total. The number of carbonyl (C=O) groups is 1. The van der Waals surface area contributed by atoms with Crippen LogP contribution in [0, 0.1) is 0 Å². The highest BCUT2D eigenvalue weighted by molar-refractivity contribution is 5.86. The second-order valence-electron chi connectivity index (χ2n) is 6.60. The Hall–Kier alpha value is -2.17. The first-order chi connectivity index (χ1) is 10.5. The molecule has 0 bridgehead atoms. The molecule has 1 aromatic carbocycles. The lowest BCUT2D eigenvalue weighted by molar-refractivity contribution is 0.238. The Morgan fingerprint density at radius 1 is 1.41 bits per heavy atom. The zero-order valence-corrected chi connectivity index (χ0v) is 13.3. The number of carbonyl (C=O) groups excluding carboxylic acids is 1. The summed E-state index contributed by atoms with van der Waals surface area (Å²) >= 11 is 0. The monoisotopic (exact) mass is 301 g/mol. The van der Waals surface area contributed by atoms with Crippen molar-refractivity contribution in [2.75, 3.05) is 13.7 Å². The molecule has 118 valence electrons. The Bertz CT molecular complexity index is 686. The van der Waals surface area contributed by atoms with E-state index in [-0.39, 0.29) is 11.4 Å². The van der Waals surface area contributed by atoms with Gasteiger partial charge >= 0.3 is 6.03 Å². The van der Waals surface area contributed by atoms with Crippen molar-refractivity contribution in [3.63, 3.8) is 0 Å². The molecule has 0 aliphatic heterocycles. The maximum atomic E-state index is 11.8. The van der Waals surface area contributed by atoms with Gasteiger partial charge in [-0.3, -0.25) is 0 Å². The third-order valence-electron chi connectivity index (χ3n) is 4.22. The lowest BCUT2D eigenvalue weighted by Gasteiger charge is -2.25. The molecule has 0 saturated heterocycles. The zero-order valence-electron chi connectivity index (χ0n) is 13.3. The van der Waals surface area contributed by atoms with Crippen LogP contribution >= 0.6 is 0 Å². The smallest absolute Gasteiger partial charge is 0.315 e. The number of aromatic nitrogens is 1. The van der Waals surface area contributed by atoms with Crippen molar-refractivity contribution >= 4 is 16.9 Å². The van der Waals surface area contributed by atoms with Crippen molar-refractivity contribution in [2.24, 2.45) is 0 Å². The first-order valence-electron chi connectivity index (χ1n) is 7.69. The Morgan fingerprint density at radius 3 is 2.86 bits per heavy atom. The van der Waals surface area contributed by atoms with Crippen molar-refractivity contribution in [1.29, 1.82) is 0 Å². The molecule has 22 heavy (non-hydrogen) atoms. The predicted octanol–water partition coefficient (Wildman–Crippen LogP) is 2.92. The summed E-state index contributed by atoms with van der Waals surface area (Å²) in [5.74, 6) is 0.837. The van der Waals surface area contributed by atoms with Crippen LogP contribution in [0.5, 0.6) is 5.75 Å². The number of methoxy groups -OCH3 is 1. The van der Waals surface area contributed by atoms with Gasteiger partial charge in [0.2, 0.25) is 0 Å². The fraction of sp³-hybridized carbons (Fsp3) is 0.471. The highest BCUT2D eigenvalue weighted by Gasteiger charge is 2.27. The molecule has 2 amide bonds. The molecule has 1 aromatic heterocycles. The third kappa shape index (κ3) is 3.03. The van der Waals surface area contributed by atoms with E-state index in [1.54, 1.807) is 7.11 Å². The van der Waals surface area contributed by atoms with Gasteiger partial charge < -0.3 is 20.4 Å². The molecule has 1 fully saturated rings. The highest BCUT2D eigenvalue weighted by Crippen LogP contribution is 2.32. The van der Waals surface area contributed by atoms with Crippen molar-refractivity contribution in [1.82, 2.24) is 15.6 Å². The molecule has 0 spiro atoms. The number of nitrogens with one attached hydrogen (secondary N) is 3. The van der Waals surface area contributed by atoms with E-state index >= 15 is 0 Å². The maximum Gasteiger partial charge on any atom is 0.315 e. The normalized spacial score (nSPS) is 14.9. The summed E-state index contributed by atoms with van der Waals surface area (Å²) in [4.78, 5) is 15.1. The first kappa shape index (κ1) is 14.8. The van der Waals surface area contributed by atoms with Crippen molar-refractivity contribution in [2.45, 2.75) is 38.1 Å². The van der Waals surface area contributed by atoms with E-state index in [0.29, 0.717) is 12.6 Å². The zero-order chi connectivity index (χ0) is 15.7. The number of H-pyrrole nitrogens is 1. The van der Waals surface area contributed by atoms with Gasteiger partial charge in [0.05, 0.1) is 7.11 Å². The van der Waals surface area contributed by atoms with Gasteiger partial charge in [0.1, 0.15) is 5.75 Å². The van der Waals surface area contributed by atoms with E-state index < -0.39 is 0 Å². The predicted molar refractivity (Wildman–Crippen MR) is 87.4 cm³/mol. The number of amides is 2. The molecule has 5 heteroatoms. The van der Waals surface area contributed by atoms with Gasteiger partial charge in [0.15, 0.2) is 0 Å². The summed E-state index contributed by atoms with van der Waals surface area (Å²) in [7, 11) is 1.67. The minimum Gasteiger partial charge on any atom is -0.497 e. The SMILES string of the molecule is COc1ccc2[nH]cc(C(C)(C)CNC(=O)NC3CC3)c2c1. The number of benzene rings is 1. The highest BCUT2D eigenvalue weighted by atomic mass is 16.5. The summed E-state index contributed by atoms with van der Waals surface area (Å²) in [6.07, 6.45) is 4.21. The van der Waals surface area contributed by atoms with Crippen LogP contribution in [-0.4, -0.2) is 30.7 Å². The Balaban J connectivity index is 1.76. The van der Waals surface area contributed by atoms with E-state index in [1.807, 2.05) is 24.4 Å². The van der Waals surface area contributed by atoms with Gasteiger partial charge in [0, 0.05) is 35.1 Å². The fourth-order valence-electron chi connectivity index (χ4n) is 2.65. The topological polar surface area (TPSA) is 66.1 Å². The minimum absolute atomic E-state index is 0.0759. The van der Waals surface area contributed by atoms with Crippen molar-refractivity contribution in [3.05, 3.63) is 30.0 Å². The number of hydrogen-bond acceptors (Lipinski definition) is 2. The van der Waals surface area contributed by atoms with Crippen LogP contribution in [0.4, 0.5) is 4.79 Å². The summed E-state index contributed by atoms with van der Waals surface area (Å²) in [6, 6.07) is 6.29. The van der Waals surface area contributed by atoms with Crippen LogP contribution in [0.15, 0.2) is 24.4 Å². The van der Waals surface area contributed by atoms with E-state index in [1.165, 1.54) is 5.56 Å². The van der Waals surface area contributed by atoms with Crippen LogP contribution in [0.3, 0.4) is 0 Å². The number of aromatic amines is 1. The second-order valence-corrected chi connectivity index (χ2v) is 6.60. The van der Waals surface area contributed by atoms with Crippen LogP contribution in [0.2, 0.25) is 0 Å². The Kier molecular flexibility index (Phi) is 3.72. The molecule has 3 rings (SSSR count). The number of fused-ring (bicyclic) bond motifs is 1. The van der Waals surface area contributed by atoms with Gasteiger partial charge in [-0.1, -0.05) is 13.8 Å². The maximum absolute atomic E-state index is 11.8. The van der Waals surface area contributed by atoms with Gasteiger partial charge in [-0.25, -0.2) is 4.79 Å². The van der Waals surface area contributed by atoms with Crippen LogP contribution < -0.4 is 15.4 Å². The Morgan fingerprint density at radius 2 is 2.18 bits per heavy atom. The number of urea groups is 1. The molecule has 0 atom stereocenters. The fourth-order valence-corrected chi connectivity index (χ4v) is 2.65. The van der Waals surface area contributed by atoms with Crippen molar-refractivity contribution in [3.8, 4) is 5.75 Å². The first-order valence-corrected chi connectivity index (χ1v) is 7.69. The van der Waals surface area contributed by atoms with Gasteiger partial charge in [-0.2, -0.15) is 0 Å². The Labute approximate surface area is 130 Å². The molecule has 1 aliphatic carbocycles. The molecule has 2 aromatic rings. The summed E-state index contributed by atoms with van der Waals surface area (Å²) in [6.45, 7) is 4.84. The lowest BCUT2D eigenvalue weighted by Crippen LogP contribution is -2.43. The molecule has 0 unspecified atom stereocenters. The van der Waals surface area contributed by atoms with E-state index in [2.05, 4.69) is 29.5 Å². The average molecular weight is 301 g/mol. The average Bonchev–Trinajstić information content (AvgIpc) is 3.20. The van der Waals surface area contributed by atoms with E-state index in [0.717, 1.165) is 29.5 Å². The largest absolute Gasteiger partial charge is 0.497 e. The van der Waals surface area contributed by atoms with Crippen LogP contribution in [0.1, 0.15) is 32.3 Å². The summed E-state index contributed by atoms with van der Waals surface area (Å²) in [5, 5.41) is 7.06. The molecule has 1 aliphatic rings. The lowest BCUT2D eigenvalue weighted by atomic mass is 9.84. The number of ether oxygens (including phenoxy) is 1. The van der Waals surface area contributed by atoms with E-state index in [9.17, 15) is 4.79 Å². The van der Waals surface area contributed by atoms with Crippen LogP contribution in [0.25, 0.3) is 10.9 Å². The molecule has 5 nitrogen and oxygen atoms in total. The van der Waals surface area contributed by atoms with Crippen molar-refractivity contribution < 1.29 is 9.53 Å². The number of hydrogen-bond donors (Lipinski definition) is 3. The quantitative estimate of drug-likeness (QED) is 0.795. The molecular formula is C17H23N3O2. The summed E-state index contributed by atoms with van der Waals surface area (Å²) in [5.41, 5.74) is 2.07.